The highest BCUT2D eigenvalue weighted by atomic mass is 16.5. The maximum Gasteiger partial charge on any atom is 0.0593 e. The number of ether oxygens (including phenoxy) is 1. The highest BCUT2D eigenvalue weighted by Crippen LogP contribution is 2.32. The second-order valence-electron chi connectivity index (χ2n) is 5.37. The molecule has 2 unspecified atom stereocenters. The third kappa shape index (κ3) is 2.96. The Hall–Kier alpha value is -0.120. The molecular formula is C13H28N2O. The summed E-state index contributed by atoms with van der Waals surface area (Å²) < 4.78 is 5.82. The first-order valence-electron chi connectivity index (χ1n) is 6.60. The van der Waals surface area contributed by atoms with Gasteiger partial charge in [-0.2, -0.15) is 0 Å². The van der Waals surface area contributed by atoms with Crippen molar-refractivity contribution in [2.45, 2.75) is 64.1 Å². The van der Waals surface area contributed by atoms with Crippen LogP contribution < -0.4 is 5.73 Å². The first kappa shape index (κ1) is 13.9. The Morgan fingerprint density at radius 1 is 1.50 bits per heavy atom. The van der Waals surface area contributed by atoms with E-state index in [9.17, 15) is 0 Å². The SMILES string of the molecule is CCCC1CC(CN)(N(C)C(C)C)CCO1. The monoisotopic (exact) mass is 228 g/mol. The second-order valence-corrected chi connectivity index (χ2v) is 5.37. The summed E-state index contributed by atoms with van der Waals surface area (Å²) in [6, 6.07) is 0.545. The molecule has 1 aliphatic heterocycles. The maximum atomic E-state index is 6.04. The van der Waals surface area contributed by atoms with Gasteiger partial charge in [0, 0.05) is 24.7 Å². The van der Waals surface area contributed by atoms with Gasteiger partial charge in [0.05, 0.1) is 6.10 Å². The largest absolute Gasteiger partial charge is 0.378 e. The molecule has 1 aliphatic rings. The zero-order chi connectivity index (χ0) is 12.2. The Morgan fingerprint density at radius 3 is 2.69 bits per heavy atom. The Morgan fingerprint density at radius 2 is 2.19 bits per heavy atom. The molecule has 1 saturated heterocycles. The molecule has 16 heavy (non-hydrogen) atoms. The number of likely N-dealkylation sites (N-methyl/N-ethyl adjacent to an activating group) is 1. The van der Waals surface area contributed by atoms with Crippen LogP contribution in [0.15, 0.2) is 0 Å². The molecule has 1 heterocycles. The van der Waals surface area contributed by atoms with Crippen molar-refractivity contribution in [2.24, 2.45) is 5.73 Å². The lowest BCUT2D eigenvalue weighted by Gasteiger charge is -2.48. The van der Waals surface area contributed by atoms with E-state index >= 15 is 0 Å². The van der Waals surface area contributed by atoms with Crippen LogP contribution in [0.2, 0.25) is 0 Å². The van der Waals surface area contributed by atoms with Gasteiger partial charge in [0.15, 0.2) is 0 Å². The fourth-order valence-electron chi connectivity index (χ4n) is 2.71. The molecule has 0 saturated carbocycles. The summed E-state index contributed by atoms with van der Waals surface area (Å²) in [5.74, 6) is 0. The lowest BCUT2D eigenvalue weighted by molar-refractivity contribution is -0.0742. The Kier molecular flexibility index (Phi) is 5.22. The lowest BCUT2D eigenvalue weighted by Crippen LogP contribution is -2.59. The zero-order valence-corrected chi connectivity index (χ0v) is 11.3. The van der Waals surface area contributed by atoms with Crippen LogP contribution in [-0.2, 0) is 4.74 Å². The van der Waals surface area contributed by atoms with Crippen molar-refractivity contribution in [3.63, 3.8) is 0 Å². The molecule has 3 nitrogen and oxygen atoms in total. The Labute approximate surface area is 100 Å². The first-order valence-corrected chi connectivity index (χ1v) is 6.60. The smallest absolute Gasteiger partial charge is 0.0593 e. The van der Waals surface area contributed by atoms with Gasteiger partial charge in [-0.15, -0.1) is 0 Å². The van der Waals surface area contributed by atoms with Crippen molar-refractivity contribution in [3.05, 3.63) is 0 Å². The van der Waals surface area contributed by atoms with E-state index in [1.54, 1.807) is 0 Å². The number of hydrogen-bond acceptors (Lipinski definition) is 3. The van der Waals surface area contributed by atoms with Gasteiger partial charge < -0.3 is 10.5 Å². The minimum atomic E-state index is 0.159. The lowest BCUT2D eigenvalue weighted by atomic mass is 9.83. The van der Waals surface area contributed by atoms with Crippen LogP contribution >= 0.6 is 0 Å². The Bertz CT molecular complexity index is 206. The second kappa shape index (κ2) is 5.99. The molecule has 0 amide bonds. The van der Waals surface area contributed by atoms with Crippen LogP contribution in [0.1, 0.15) is 46.5 Å². The first-order chi connectivity index (χ1) is 7.55. The van der Waals surface area contributed by atoms with Crippen LogP contribution in [0.25, 0.3) is 0 Å². The Balaban J connectivity index is 2.70. The summed E-state index contributed by atoms with van der Waals surface area (Å²) in [7, 11) is 2.20. The van der Waals surface area contributed by atoms with Gasteiger partial charge in [-0.1, -0.05) is 13.3 Å². The molecule has 0 aromatic carbocycles. The van der Waals surface area contributed by atoms with Crippen molar-refractivity contribution in [1.82, 2.24) is 4.90 Å². The summed E-state index contributed by atoms with van der Waals surface area (Å²) in [6.07, 6.45) is 4.91. The molecule has 0 aromatic heterocycles. The molecule has 1 rings (SSSR count). The summed E-state index contributed by atoms with van der Waals surface area (Å²) in [5.41, 5.74) is 6.20. The van der Waals surface area contributed by atoms with Crippen LogP contribution in [0.5, 0.6) is 0 Å². The highest BCUT2D eigenvalue weighted by Gasteiger charge is 2.39. The van der Waals surface area contributed by atoms with E-state index in [2.05, 4.69) is 32.7 Å². The van der Waals surface area contributed by atoms with Crippen LogP contribution in [-0.4, -0.2) is 42.8 Å². The van der Waals surface area contributed by atoms with E-state index in [0.717, 1.165) is 32.4 Å². The van der Waals surface area contributed by atoms with Gasteiger partial charge in [-0.05, 0) is 40.2 Å². The average molecular weight is 228 g/mol. The third-order valence-corrected chi connectivity index (χ3v) is 4.04. The van der Waals surface area contributed by atoms with Gasteiger partial charge in [0.1, 0.15) is 0 Å². The minimum absolute atomic E-state index is 0.159. The summed E-state index contributed by atoms with van der Waals surface area (Å²) >= 11 is 0. The van der Waals surface area contributed by atoms with Gasteiger partial charge in [0.2, 0.25) is 0 Å². The van der Waals surface area contributed by atoms with E-state index in [0.29, 0.717) is 12.1 Å². The van der Waals surface area contributed by atoms with Gasteiger partial charge >= 0.3 is 0 Å². The fourth-order valence-corrected chi connectivity index (χ4v) is 2.71. The van der Waals surface area contributed by atoms with E-state index in [1.165, 1.54) is 6.42 Å². The van der Waals surface area contributed by atoms with Crippen LogP contribution in [0, 0.1) is 0 Å². The summed E-state index contributed by atoms with van der Waals surface area (Å²) in [4.78, 5) is 2.44. The van der Waals surface area contributed by atoms with Crippen LogP contribution in [0.4, 0.5) is 0 Å². The van der Waals surface area contributed by atoms with E-state index in [1.807, 2.05) is 0 Å². The molecule has 0 aromatic rings. The van der Waals surface area contributed by atoms with Crippen LogP contribution in [0.3, 0.4) is 0 Å². The highest BCUT2D eigenvalue weighted by molar-refractivity contribution is 4.96. The molecule has 2 N–H and O–H groups in total. The molecule has 96 valence electrons. The number of nitrogens with two attached hydrogens (primary N) is 1. The molecule has 1 fully saturated rings. The van der Waals surface area contributed by atoms with E-state index in [4.69, 9.17) is 10.5 Å². The quantitative estimate of drug-likeness (QED) is 0.782. The predicted molar refractivity (Wildman–Crippen MR) is 68.6 cm³/mol. The number of nitrogens with zero attached hydrogens (tertiary/aromatic N) is 1. The number of hydrogen-bond donors (Lipinski definition) is 1. The maximum absolute atomic E-state index is 6.04. The normalized spacial score (nSPS) is 31.3. The van der Waals surface area contributed by atoms with Gasteiger partial charge in [-0.3, -0.25) is 4.90 Å². The molecule has 0 radical (unpaired) electrons. The topological polar surface area (TPSA) is 38.5 Å². The van der Waals surface area contributed by atoms with Crippen molar-refractivity contribution >= 4 is 0 Å². The number of rotatable bonds is 5. The van der Waals surface area contributed by atoms with Crippen molar-refractivity contribution in [1.29, 1.82) is 0 Å². The summed E-state index contributed by atoms with van der Waals surface area (Å²) in [6.45, 7) is 8.29. The van der Waals surface area contributed by atoms with Crippen molar-refractivity contribution in [3.8, 4) is 0 Å². The van der Waals surface area contributed by atoms with Gasteiger partial charge in [-0.25, -0.2) is 0 Å². The standard InChI is InChI=1S/C13H28N2O/c1-5-6-12-9-13(10-14,7-8-16-12)15(4)11(2)3/h11-12H,5-10,14H2,1-4H3. The van der Waals surface area contributed by atoms with E-state index < -0.39 is 0 Å². The van der Waals surface area contributed by atoms with Crippen molar-refractivity contribution < 1.29 is 4.74 Å². The zero-order valence-electron chi connectivity index (χ0n) is 11.3. The van der Waals surface area contributed by atoms with E-state index in [-0.39, 0.29) is 5.54 Å². The molecule has 0 aliphatic carbocycles. The predicted octanol–water partition coefficient (Wildman–Crippen LogP) is 2.00. The summed E-state index contributed by atoms with van der Waals surface area (Å²) in [5, 5.41) is 0. The van der Waals surface area contributed by atoms with Gasteiger partial charge in [0.25, 0.3) is 0 Å². The minimum Gasteiger partial charge on any atom is -0.378 e. The third-order valence-electron chi connectivity index (χ3n) is 4.04. The van der Waals surface area contributed by atoms with Crippen molar-refractivity contribution in [2.75, 3.05) is 20.2 Å². The molecule has 2 atom stereocenters. The molecule has 0 spiro atoms. The fraction of sp³-hybridized carbons (Fsp3) is 1.00. The molecule has 0 bridgehead atoms. The molecule has 3 heteroatoms. The average Bonchev–Trinajstić information content (AvgIpc) is 2.28. The molecular weight excluding hydrogens is 200 g/mol.